The highest BCUT2D eigenvalue weighted by molar-refractivity contribution is 5.23. The maximum Gasteiger partial charge on any atom is 0.351 e. The van der Waals surface area contributed by atoms with E-state index in [9.17, 15) is 20.1 Å². The fourth-order valence-electron chi connectivity index (χ4n) is 1.90. The lowest BCUT2D eigenvalue weighted by atomic mass is 9.99. The van der Waals surface area contributed by atoms with Crippen LogP contribution in [0.3, 0.4) is 0 Å². The van der Waals surface area contributed by atoms with E-state index in [1.165, 1.54) is 19.2 Å². The summed E-state index contributed by atoms with van der Waals surface area (Å²) < 4.78 is 6.38. The summed E-state index contributed by atoms with van der Waals surface area (Å²) in [6.07, 6.45) is -2.45. The average molecular weight is 257 g/mol. The van der Waals surface area contributed by atoms with Crippen molar-refractivity contribution in [1.29, 1.82) is 0 Å². The van der Waals surface area contributed by atoms with Gasteiger partial charge in [0.15, 0.2) is 6.23 Å². The zero-order valence-electron chi connectivity index (χ0n) is 9.72. The second-order valence-corrected chi connectivity index (χ2v) is 4.46. The van der Waals surface area contributed by atoms with Gasteiger partial charge in [-0.25, -0.2) is 4.79 Å². The number of nitrogen functional groups attached to an aromatic ring is 1. The molecule has 8 nitrogen and oxygen atoms in total. The van der Waals surface area contributed by atoms with E-state index < -0.39 is 36.3 Å². The molecule has 0 aromatic carbocycles. The van der Waals surface area contributed by atoms with Gasteiger partial charge in [0, 0.05) is 6.20 Å². The normalized spacial score (nSPS) is 35.9. The summed E-state index contributed by atoms with van der Waals surface area (Å²) in [5, 5.41) is 28.8. The third-order valence-corrected chi connectivity index (χ3v) is 3.07. The zero-order valence-corrected chi connectivity index (χ0v) is 9.72. The van der Waals surface area contributed by atoms with Crippen LogP contribution in [0.1, 0.15) is 13.2 Å². The van der Waals surface area contributed by atoms with Gasteiger partial charge in [-0.15, -0.1) is 0 Å². The quantitative estimate of drug-likeness (QED) is 0.474. The molecule has 18 heavy (non-hydrogen) atoms. The van der Waals surface area contributed by atoms with Crippen LogP contribution < -0.4 is 11.4 Å². The Labute approximate surface area is 102 Å². The van der Waals surface area contributed by atoms with Crippen molar-refractivity contribution in [3.63, 3.8) is 0 Å². The van der Waals surface area contributed by atoms with Gasteiger partial charge in [-0.05, 0) is 13.0 Å². The second-order valence-electron chi connectivity index (χ2n) is 4.46. The minimum atomic E-state index is -1.34. The van der Waals surface area contributed by atoms with Gasteiger partial charge in [0.05, 0.1) is 6.61 Å². The molecule has 0 saturated carbocycles. The van der Waals surface area contributed by atoms with Crippen molar-refractivity contribution in [3.8, 4) is 0 Å². The van der Waals surface area contributed by atoms with Gasteiger partial charge >= 0.3 is 5.69 Å². The van der Waals surface area contributed by atoms with Crippen LogP contribution in [-0.2, 0) is 4.74 Å². The molecule has 1 aromatic heterocycles. The molecule has 0 radical (unpaired) electrons. The average Bonchev–Trinajstić information content (AvgIpc) is 2.55. The summed E-state index contributed by atoms with van der Waals surface area (Å²) in [5.74, 6) is 0.0502. The van der Waals surface area contributed by atoms with Crippen molar-refractivity contribution < 1.29 is 20.1 Å². The van der Waals surface area contributed by atoms with Crippen LogP contribution in [0.5, 0.6) is 0 Å². The van der Waals surface area contributed by atoms with Crippen LogP contribution >= 0.6 is 0 Å². The summed E-state index contributed by atoms with van der Waals surface area (Å²) in [6.45, 7) is 0.954. The van der Waals surface area contributed by atoms with Crippen molar-refractivity contribution in [2.24, 2.45) is 0 Å². The van der Waals surface area contributed by atoms with Crippen LogP contribution in [0.25, 0.3) is 0 Å². The molecule has 0 spiro atoms. The van der Waals surface area contributed by atoms with Crippen LogP contribution in [0.4, 0.5) is 5.82 Å². The van der Waals surface area contributed by atoms with Gasteiger partial charge < -0.3 is 25.8 Å². The second kappa shape index (κ2) is 4.32. The van der Waals surface area contributed by atoms with Gasteiger partial charge in [-0.3, -0.25) is 4.57 Å². The van der Waals surface area contributed by atoms with Crippen LogP contribution in [0.15, 0.2) is 17.1 Å². The molecule has 0 unspecified atom stereocenters. The number of nitrogens with two attached hydrogens (primary N) is 1. The van der Waals surface area contributed by atoms with Crippen molar-refractivity contribution in [2.45, 2.75) is 31.0 Å². The number of ether oxygens (including phenoxy) is 1. The standard InChI is InChI=1S/C10H15N3O5/c1-10(4-14)7(16)6(15)8(18-10)13-3-2-5(11)12-9(13)17/h2-3,6-8,14-16H,4H2,1H3,(H2,11,12,17)/t6-,7-,8+,10+/m0/s1. The number of aliphatic hydroxyl groups is 3. The molecule has 4 atom stereocenters. The molecule has 1 saturated heterocycles. The minimum absolute atomic E-state index is 0.0502. The van der Waals surface area contributed by atoms with E-state index in [1.54, 1.807) is 0 Å². The van der Waals surface area contributed by atoms with E-state index in [1.807, 2.05) is 0 Å². The zero-order chi connectivity index (χ0) is 13.5. The van der Waals surface area contributed by atoms with E-state index in [0.29, 0.717) is 0 Å². The molecular formula is C10H15N3O5. The molecule has 0 amide bonds. The molecule has 2 heterocycles. The Kier molecular flexibility index (Phi) is 3.11. The predicted octanol–water partition coefficient (Wildman–Crippen LogP) is -2.17. The number of nitrogens with zero attached hydrogens (tertiary/aromatic N) is 2. The Morgan fingerprint density at radius 1 is 1.61 bits per heavy atom. The van der Waals surface area contributed by atoms with Gasteiger partial charge in [-0.1, -0.05) is 0 Å². The van der Waals surface area contributed by atoms with Crippen molar-refractivity contribution in [1.82, 2.24) is 9.55 Å². The SMILES string of the molecule is C[C@]1(CO)O[C@@H](n2ccc(N)nc2=O)[C@@H](O)[C@@H]1O. The molecule has 0 aliphatic carbocycles. The highest BCUT2D eigenvalue weighted by Gasteiger charge is 2.51. The summed E-state index contributed by atoms with van der Waals surface area (Å²) >= 11 is 0. The van der Waals surface area contributed by atoms with Crippen LogP contribution in [0, 0.1) is 0 Å². The molecule has 1 aliphatic rings. The predicted molar refractivity (Wildman–Crippen MR) is 60.5 cm³/mol. The Balaban J connectivity index is 2.38. The summed E-state index contributed by atoms with van der Waals surface area (Å²) in [4.78, 5) is 15.1. The summed E-state index contributed by atoms with van der Waals surface area (Å²) in [7, 11) is 0. The Hall–Kier alpha value is -1.48. The van der Waals surface area contributed by atoms with Crippen molar-refractivity contribution >= 4 is 5.82 Å². The first-order chi connectivity index (χ1) is 8.39. The van der Waals surface area contributed by atoms with Gasteiger partial charge in [0.2, 0.25) is 0 Å². The Morgan fingerprint density at radius 3 is 2.78 bits per heavy atom. The number of anilines is 1. The molecule has 1 aromatic rings. The number of rotatable bonds is 2. The Bertz CT molecular complexity index is 505. The summed E-state index contributed by atoms with van der Waals surface area (Å²) in [6, 6.07) is 1.37. The lowest BCUT2D eigenvalue weighted by Crippen LogP contribution is -2.43. The number of aromatic nitrogens is 2. The largest absolute Gasteiger partial charge is 0.393 e. The molecular weight excluding hydrogens is 242 g/mol. The van der Waals surface area contributed by atoms with Gasteiger partial charge in [0.25, 0.3) is 0 Å². The molecule has 100 valence electrons. The third kappa shape index (κ3) is 1.89. The molecule has 0 bridgehead atoms. The van der Waals surface area contributed by atoms with E-state index in [4.69, 9.17) is 10.5 Å². The first-order valence-corrected chi connectivity index (χ1v) is 5.38. The first kappa shape index (κ1) is 13.0. The molecule has 1 fully saturated rings. The van der Waals surface area contributed by atoms with Gasteiger partial charge in [-0.2, -0.15) is 4.98 Å². The topological polar surface area (TPSA) is 131 Å². The summed E-state index contributed by atoms with van der Waals surface area (Å²) in [5.41, 5.74) is 3.32. The van der Waals surface area contributed by atoms with Crippen LogP contribution in [0.2, 0.25) is 0 Å². The number of hydrogen-bond acceptors (Lipinski definition) is 7. The fraction of sp³-hybridized carbons (Fsp3) is 0.600. The van der Waals surface area contributed by atoms with Crippen LogP contribution in [-0.4, -0.2) is 49.3 Å². The minimum Gasteiger partial charge on any atom is -0.393 e. The molecule has 1 aliphatic heterocycles. The number of hydrogen-bond donors (Lipinski definition) is 4. The first-order valence-electron chi connectivity index (χ1n) is 5.38. The molecule has 5 N–H and O–H groups in total. The van der Waals surface area contributed by atoms with E-state index in [0.717, 1.165) is 4.57 Å². The van der Waals surface area contributed by atoms with E-state index in [-0.39, 0.29) is 5.82 Å². The van der Waals surface area contributed by atoms with Gasteiger partial charge in [0.1, 0.15) is 23.6 Å². The molecule has 2 rings (SSSR count). The van der Waals surface area contributed by atoms with Crippen molar-refractivity contribution in [3.05, 3.63) is 22.7 Å². The smallest absolute Gasteiger partial charge is 0.351 e. The fourth-order valence-corrected chi connectivity index (χ4v) is 1.90. The Morgan fingerprint density at radius 2 is 2.28 bits per heavy atom. The highest BCUT2D eigenvalue weighted by atomic mass is 16.6. The maximum absolute atomic E-state index is 11.6. The lowest BCUT2D eigenvalue weighted by Gasteiger charge is -2.24. The highest BCUT2D eigenvalue weighted by Crippen LogP contribution is 2.35. The molecule has 8 heteroatoms. The number of aliphatic hydroxyl groups excluding tert-OH is 3. The van der Waals surface area contributed by atoms with E-state index >= 15 is 0 Å². The monoisotopic (exact) mass is 257 g/mol. The lowest BCUT2D eigenvalue weighted by molar-refractivity contribution is -0.117. The van der Waals surface area contributed by atoms with Crippen molar-refractivity contribution in [2.75, 3.05) is 12.3 Å². The third-order valence-electron chi connectivity index (χ3n) is 3.07. The van der Waals surface area contributed by atoms with E-state index in [2.05, 4.69) is 4.98 Å². The maximum atomic E-state index is 11.6.